The van der Waals surface area contributed by atoms with Crippen molar-refractivity contribution in [2.75, 3.05) is 13.1 Å². The number of aromatic nitrogens is 1. The molecule has 1 aromatic carbocycles. The Balaban J connectivity index is 0.00000144. The van der Waals surface area contributed by atoms with E-state index in [9.17, 15) is 9.18 Å². The van der Waals surface area contributed by atoms with E-state index >= 15 is 0 Å². The fourth-order valence-corrected chi connectivity index (χ4v) is 3.37. The van der Waals surface area contributed by atoms with Crippen LogP contribution in [0.2, 0.25) is 0 Å². The first-order valence-electron chi connectivity index (χ1n) is 7.41. The summed E-state index contributed by atoms with van der Waals surface area (Å²) in [6, 6.07) is 6.61. The SMILES string of the molecule is Cl.Cl.O=C(Cc1csc(-c2cccc(F)c2)n1)NC1CCNCC1. The molecule has 0 atom stereocenters. The van der Waals surface area contributed by atoms with Crippen LogP contribution >= 0.6 is 36.2 Å². The predicted octanol–water partition coefficient (Wildman–Crippen LogP) is 3.20. The molecule has 1 aromatic heterocycles. The first-order chi connectivity index (χ1) is 10.7. The van der Waals surface area contributed by atoms with E-state index < -0.39 is 0 Å². The van der Waals surface area contributed by atoms with Gasteiger partial charge in [0, 0.05) is 17.0 Å². The molecular formula is C16H20Cl2FN3OS. The molecular weight excluding hydrogens is 372 g/mol. The molecule has 4 nitrogen and oxygen atoms in total. The Morgan fingerprint density at radius 1 is 1.33 bits per heavy atom. The van der Waals surface area contributed by atoms with Gasteiger partial charge in [-0.05, 0) is 38.1 Å². The highest BCUT2D eigenvalue weighted by atomic mass is 35.5. The van der Waals surface area contributed by atoms with Gasteiger partial charge in [0.15, 0.2) is 0 Å². The van der Waals surface area contributed by atoms with Crippen molar-refractivity contribution < 1.29 is 9.18 Å². The molecule has 2 aromatic rings. The second kappa shape index (κ2) is 9.93. The first kappa shape index (κ1) is 20.8. The van der Waals surface area contributed by atoms with E-state index in [0.717, 1.165) is 42.2 Å². The number of carbonyl (C=O) groups excluding carboxylic acids is 1. The summed E-state index contributed by atoms with van der Waals surface area (Å²) in [5.74, 6) is -0.277. The molecule has 1 aliphatic rings. The number of amides is 1. The Kier molecular flexibility index (Phi) is 8.62. The normalized spacial score (nSPS) is 14.4. The maximum Gasteiger partial charge on any atom is 0.226 e. The predicted molar refractivity (Wildman–Crippen MR) is 99.7 cm³/mol. The van der Waals surface area contributed by atoms with Gasteiger partial charge in [-0.1, -0.05) is 12.1 Å². The van der Waals surface area contributed by atoms with E-state index in [-0.39, 0.29) is 49.0 Å². The van der Waals surface area contributed by atoms with E-state index in [1.54, 1.807) is 6.07 Å². The molecule has 0 saturated carbocycles. The molecule has 1 amide bonds. The number of rotatable bonds is 4. The van der Waals surface area contributed by atoms with Crippen molar-refractivity contribution in [3.05, 3.63) is 41.2 Å². The van der Waals surface area contributed by atoms with Crippen LogP contribution in [0.4, 0.5) is 4.39 Å². The Morgan fingerprint density at radius 2 is 2.08 bits per heavy atom. The van der Waals surface area contributed by atoms with Gasteiger partial charge in [-0.2, -0.15) is 0 Å². The zero-order chi connectivity index (χ0) is 15.4. The van der Waals surface area contributed by atoms with Gasteiger partial charge in [0.2, 0.25) is 5.91 Å². The molecule has 0 bridgehead atoms. The van der Waals surface area contributed by atoms with Crippen LogP contribution in [-0.4, -0.2) is 30.0 Å². The molecule has 3 rings (SSSR count). The van der Waals surface area contributed by atoms with Crippen LogP contribution in [-0.2, 0) is 11.2 Å². The molecule has 0 radical (unpaired) electrons. The molecule has 132 valence electrons. The van der Waals surface area contributed by atoms with Crippen LogP contribution < -0.4 is 10.6 Å². The maximum atomic E-state index is 13.2. The van der Waals surface area contributed by atoms with Crippen LogP contribution in [0.25, 0.3) is 10.6 Å². The molecule has 2 N–H and O–H groups in total. The number of hydrogen-bond donors (Lipinski definition) is 2. The highest BCUT2D eigenvalue weighted by molar-refractivity contribution is 7.13. The number of thiazole rings is 1. The molecule has 1 fully saturated rings. The number of carbonyl (C=O) groups is 1. The number of nitrogens with one attached hydrogen (secondary N) is 2. The lowest BCUT2D eigenvalue weighted by Crippen LogP contribution is -2.43. The summed E-state index contributed by atoms with van der Waals surface area (Å²) in [6.45, 7) is 1.90. The topological polar surface area (TPSA) is 54.0 Å². The average Bonchev–Trinajstić information content (AvgIpc) is 2.96. The average molecular weight is 392 g/mol. The van der Waals surface area contributed by atoms with Crippen molar-refractivity contribution in [3.8, 4) is 10.6 Å². The maximum absolute atomic E-state index is 13.2. The van der Waals surface area contributed by atoms with Gasteiger partial charge < -0.3 is 10.6 Å². The van der Waals surface area contributed by atoms with Crippen LogP contribution in [0.3, 0.4) is 0 Å². The van der Waals surface area contributed by atoms with Crippen molar-refractivity contribution in [2.24, 2.45) is 0 Å². The van der Waals surface area contributed by atoms with Crippen molar-refractivity contribution in [1.82, 2.24) is 15.6 Å². The second-order valence-electron chi connectivity index (χ2n) is 5.42. The van der Waals surface area contributed by atoms with Gasteiger partial charge in [-0.15, -0.1) is 36.2 Å². The third-order valence-corrected chi connectivity index (χ3v) is 4.61. The van der Waals surface area contributed by atoms with Gasteiger partial charge in [0.25, 0.3) is 0 Å². The summed E-state index contributed by atoms with van der Waals surface area (Å²) >= 11 is 1.43. The molecule has 0 aliphatic carbocycles. The number of benzene rings is 1. The quantitative estimate of drug-likeness (QED) is 0.840. The second-order valence-corrected chi connectivity index (χ2v) is 6.28. The van der Waals surface area contributed by atoms with Gasteiger partial charge in [-0.25, -0.2) is 9.37 Å². The number of hydrogen-bond acceptors (Lipinski definition) is 4. The standard InChI is InChI=1S/C16H18FN3OS.2ClH/c17-12-3-1-2-11(8-12)16-20-14(10-22-16)9-15(21)19-13-4-6-18-7-5-13;;/h1-3,8,10,13,18H,4-7,9H2,(H,19,21);2*1H. The van der Waals surface area contributed by atoms with Crippen molar-refractivity contribution >= 4 is 42.1 Å². The highest BCUT2D eigenvalue weighted by Gasteiger charge is 2.16. The fraction of sp³-hybridized carbons (Fsp3) is 0.375. The van der Waals surface area contributed by atoms with Crippen LogP contribution in [0, 0.1) is 5.82 Å². The molecule has 1 saturated heterocycles. The van der Waals surface area contributed by atoms with E-state index in [2.05, 4.69) is 15.6 Å². The largest absolute Gasteiger partial charge is 0.353 e. The van der Waals surface area contributed by atoms with Crippen molar-refractivity contribution in [2.45, 2.75) is 25.3 Å². The van der Waals surface area contributed by atoms with Gasteiger partial charge in [0.1, 0.15) is 10.8 Å². The van der Waals surface area contributed by atoms with Crippen molar-refractivity contribution in [3.63, 3.8) is 0 Å². The molecule has 0 spiro atoms. The van der Waals surface area contributed by atoms with Crippen molar-refractivity contribution in [1.29, 1.82) is 0 Å². The summed E-state index contributed by atoms with van der Waals surface area (Å²) < 4.78 is 13.2. The smallest absolute Gasteiger partial charge is 0.226 e. The summed E-state index contributed by atoms with van der Waals surface area (Å²) in [5.41, 5.74) is 1.48. The van der Waals surface area contributed by atoms with E-state index in [4.69, 9.17) is 0 Å². The monoisotopic (exact) mass is 391 g/mol. The van der Waals surface area contributed by atoms with Gasteiger partial charge >= 0.3 is 0 Å². The summed E-state index contributed by atoms with van der Waals surface area (Å²) in [4.78, 5) is 16.5. The summed E-state index contributed by atoms with van der Waals surface area (Å²) in [7, 11) is 0. The van der Waals surface area contributed by atoms with E-state index in [1.807, 2.05) is 11.4 Å². The highest BCUT2D eigenvalue weighted by Crippen LogP contribution is 2.24. The summed E-state index contributed by atoms with van der Waals surface area (Å²) in [6.07, 6.45) is 2.21. The Morgan fingerprint density at radius 3 is 2.79 bits per heavy atom. The first-order valence-corrected chi connectivity index (χ1v) is 8.29. The Hall–Kier alpha value is -1.21. The number of piperidine rings is 1. The van der Waals surface area contributed by atoms with Gasteiger partial charge in [0.05, 0.1) is 12.1 Å². The zero-order valence-corrected chi connectivity index (χ0v) is 15.4. The minimum atomic E-state index is -0.280. The molecule has 0 unspecified atom stereocenters. The number of halogens is 3. The molecule has 24 heavy (non-hydrogen) atoms. The Labute approximate surface area is 157 Å². The van der Waals surface area contributed by atoms with Crippen LogP contribution in [0.5, 0.6) is 0 Å². The number of nitrogens with zero attached hydrogens (tertiary/aromatic N) is 1. The third kappa shape index (κ3) is 5.70. The van der Waals surface area contributed by atoms with Crippen LogP contribution in [0.15, 0.2) is 29.6 Å². The lowest BCUT2D eigenvalue weighted by atomic mass is 10.1. The zero-order valence-electron chi connectivity index (χ0n) is 13.0. The van der Waals surface area contributed by atoms with E-state index in [0.29, 0.717) is 0 Å². The summed E-state index contributed by atoms with van der Waals surface area (Å²) in [5, 5.41) is 8.93. The third-order valence-electron chi connectivity index (χ3n) is 3.67. The lowest BCUT2D eigenvalue weighted by molar-refractivity contribution is -0.121. The minimum Gasteiger partial charge on any atom is -0.353 e. The fourth-order valence-electron chi connectivity index (χ4n) is 2.55. The molecule has 2 heterocycles. The lowest BCUT2D eigenvalue weighted by Gasteiger charge is -2.23. The minimum absolute atomic E-state index is 0. The van der Waals surface area contributed by atoms with Crippen LogP contribution in [0.1, 0.15) is 18.5 Å². The molecule has 8 heteroatoms. The van der Waals surface area contributed by atoms with E-state index in [1.165, 1.54) is 23.5 Å². The van der Waals surface area contributed by atoms with Gasteiger partial charge in [-0.3, -0.25) is 4.79 Å². The molecule has 1 aliphatic heterocycles. The Bertz CT molecular complexity index is 662.